The Bertz CT molecular complexity index is 975. The molecule has 0 unspecified atom stereocenters. The van der Waals surface area contributed by atoms with Crippen molar-refractivity contribution in [1.29, 1.82) is 0 Å². The highest BCUT2D eigenvalue weighted by Gasteiger charge is 2.14. The quantitative estimate of drug-likeness (QED) is 0.549. The minimum absolute atomic E-state index is 0.460. The fraction of sp³-hybridized carbons (Fsp3) is 0.238. The van der Waals surface area contributed by atoms with Gasteiger partial charge < -0.3 is 30.7 Å². The van der Waals surface area contributed by atoms with E-state index in [2.05, 4.69) is 31.6 Å². The van der Waals surface area contributed by atoms with Gasteiger partial charge in [0.2, 0.25) is 5.95 Å². The zero-order valence-corrected chi connectivity index (χ0v) is 16.3. The fourth-order valence-corrected chi connectivity index (χ4v) is 3.16. The van der Waals surface area contributed by atoms with E-state index >= 15 is 0 Å². The third kappa shape index (κ3) is 4.49. The number of nitrogens with two attached hydrogens (primary N) is 1. The second-order valence-electron chi connectivity index (χ2n) is 6.59. The van der Waals surface area contributed by atoms with Crippen molar-refractivity contribution >= 4 is 34.5 Å². The van der Waals surface area contributed by atoms with Gasteiger partial charge in [-0.2, -0.15) is 4.98 Å². The predicted molar refractivity (Wildman–Crippen MR) is 115 cm³/mol. The molecule has 0 radical (unpaired) electrons. The van der Waals surface area contributed by atoms with Gasteiger partial charge in [-0.3, -0.25) is 0 Å². The molecule has 8 nitrogen and oxygen atoms in total. The molecule has 1 fully saturated rings. The van der Waals surface area contributed by atoms with Crippen LogP contribution in [0.4, 0.5) is 34.5 Å². The van der Waals surface area contributed by atoms with Crippen LogP contribution >= 0.6 is 0 Å². The van der Waals surface area contributed by atoms with Crippen LogP contribution in [0.25, 0.3) is 0 Å². The molecule has 1 aliphatic heterocycles. The van der Waals surface area contributed by atoms with Gasteiger partial charge in [0.25, 0.3) is 0 Å². The molecule has 1 aromatic heterocycles. The van der Waals surface area contributed by atoms with E-state index in [-0.39, 0.29) is 0 Å². The number of anilines is 6. The van der Waals surface area contributed by atoms with Gasteiger partial charge in [-0.15, -0.1) is 0 Å². The van der Waals surface area contributed by atoms with Crippen molar-refractivity contribution in [2.75, 3.05) is 54.7 Å². The third-order valence-corrected chi connectivity index (χ3v) is 4.69. The Balaban J connectivity index is 1.52. The molecule has 29 heavy (non-hydrogen) atoms. The highest BCUT2D eigenvalue weighted by molar-refractivity contribution is 5.72. The predicted octanol–water partition coefficient (Wildman–Crippen LogP) is 3.39. The Morgan fingerprint density at radius 3 is 2.66 bits per heavy atom. The minimum atomic E-state index is 0.460. The Kier molecular flexibility index (Phi) is 5.62. The minimum Gasteiger partial charge on any atom is -0.494 e. The Labute approximate surface area is 169 Å². The summed E-state index contributed by atoms with van der Waals surface area (Å²) in [5, 5.41) is 6.45. The van der Waals surface area contributed by atoms with E-state index in [1.165, 1.54) is 0 Å². The van der Waals surface area contributed by atoms with E-state index in [4.69, 9.17) is 15.2 Å². The van der Waals surface area contributed by atoms with Crippen molar-refractivity contribution in [2.45, 2.75) is 0 Å². The number of hydrogen-bond acceptors (Lipinski definition) is 8. The summed E-state index contributed by atoms with van der Waals surface area (Å²) in [6.45, 7) is 3.22. The third-order valence-electron chi connectivity index (χ3n) is 4.69. The zero-order valence-electron chi connectivity index (χ0n) is 16.3. The van der Waals surface area contributed by atoms with Crippen LogP contribution in [0.15, 0.2) is 54.7 Å². The lowest BCUT2D eigenvalue weighted by atomic mass is 10.2. The first kappa shape index (κ1) is 18.8. The lowest BCUT2D eigenvalue weighted by Gasteiger charge is -2.29. The van der Waals surface area contributed by atoms with E-state index in [1.54, 1.807) is 19.4 Å². The Morgan fingerprint density at radius 1 is 1.03 bits per heavy atom. The van der Waals surface area contributed by atoms with Crippen LogP contribution in [0.3, 0.4) is 0 Å². The maximum atomic E-state index is 5.99. The van der Waals surface area contributed by atoms with Crippen LogP contribution in [-0.4, -0.2) is 43.4 Å². The largest absolute Gasteiger partial charge is 0.494 e. The van der Waals surface area contributed by atoms with Gasteiger partial charge in [-0.1, -0.05) is 12.1 Å². The Morgan fingerprint density at radius 2 is 1.86 bits per heavy atom. The van der Waals surface area contributed by atoms with E-state index in [9.17, 15) is 0 Å². The SMILES string of the molecule is COc1cc(N2CCOCC2)ccc1Nc1nccc(Nc2ccccc2N)n1. The number of morpholine rings is 1. The lowest BCUT2D eigenvalue weighted by Crippen LogP contribution is -2.36. The molecule has 4 N–H and O–H groups in total. The summed E-state index contributed by atoms with van der Waals surface area (Å²) < 4.78 is 11.0. The molecule has 150 valence electrons. The van der Waals surface area contributed by atoms with Crippen LogP contribution in [-0.2, 0) is 4.74 Å². The normalized spacial score (nSPS) is 13.8. The second kappa shape index (κ2) is 8.66. The van der Waals surface area contributed by atoms with E-state index in [0.29, 0.717) is 17.5 Å². The molecular weight excluding hydrogens is 368 g/mol. The molecule has 2 heterocycles. The molecule has 2 aromatic carbocycles. The van der Waals surface area contributed by atoms with Crippen LogP contribution in [0.1, 0.15) is 0 Å². The Hall–Kier alpha value is -3.52. The van der Waals surface area contributed by atoms with Crippen LogP contribution in [0, 0.1) is 0 Å². The summed E-state index contributed by atoms with van der Waals surface area (Å²) in [6.07, 6.45) is 1.69. The standard InChI is InChI=1S/C21H24N6O2/c1-28-19-14-15(27-10-12-29-13-11-27)6-7-18(19)25-21-23-9-8-20(26-21)24-17-5-3-2-4-16(17)22/h2-9,14H,10-13,22H2,1H3,(H2,23,24,25,26). The van der Waals surface area contributed by atoms with Gasteiger partial charge in [0.05, 0.1) is 37.4 Å². The number of nitrogens with zero attached hydrogens (tertiary/aromatic N) is 3. The van der Waals surface area contributed by atoms with E-state index in [0.717, 1.165) is 49.1 Å². The number of benzene rings is 2. The maximum absolute atomic E-state index is 5.99. The first-order valence-electron chi connectivity index (χ1n) is 9.45. The average Bonchev–Trinajstić information content (AvgIpc) is 2.76. The van der Waals surface area contributed by atoms with Crippen molar-refractivity contribution in [3.8, 4) is 5.75 Å². The number of hydrogen-bond donors (Lipinski definition) is 3. The molecule has 0 bridgehead atoms. The first-order chi connectivity index (χ1) is 14.2. The number of nitrogen functional groups attached to an aromatic ring is 1. The average molecular weight is 392 g/mol. The van der Waals surface area contributed by atoms with Gasteiger partial charge in [0.1, 0.15) is 11.6 Å². The highest BCUT2D eigenvalue weighted by atomic mass is 16.5. The monoisotopic (exact) mass is 392 g/mol. The molecule has 1 aliphatic rings. The topological polar surface area (TPSA) is 97.6 Å². The van der Waals surface area contributed by atoms with Gasteiger partial charge >= 0.3 is 0 Å². The van der Waals surface area contributed by atoms with E-state index < -0.39 is 0 Å². The zero-order chi connectivity index (χ0) is 20.1. The summed E-state index contributed by atoms with van der Waals surface area (Å²) in [6, 6.07) is 15.4. The maximum Gasteiger partial charge on any atom is 0.229 e. The lowest BCUT2D eigenvalue weighted by molar-refractivity contribution is 0.122. The fourth-order valence-electron chi connectivity index (χ4n) is 3.16. The molecule has 0 spiro atoms. The molecule has 8 heteroatoms. The number of rotatable bonds is 6. The van der Waals surface area contributed by atoms with Crippen molar-refractivity contribution in [3.63, 3.8) is 0 Å². The number of aromatic nitrogens is 2. The molecule has 3 aromatic rings. The summed E-state index contributed by atoms with van der Waals surface area (Å²) in [7, 11) is 1.65. The molecule has 0 atom stereocenters. The summed E-state index contributed by atoms with van der Waals surface area (Å²) in [5.74, 6) is 1.83. The van der Waals surface area contributed by atoms with Gasteiger partial charge in [0, 0.05) is 31.0 Å². The van der Waals surface area contributed by atoms with Crippen molar-refractivity contribution in [3.05, 3.63) is 54.7 Å². The molecular formula is C21H24N6O2. The molecule has 0 saturated carbocycles. The second-order valence-corrected chi connectivity index (χ2v) is 6.59. The van der Waals surface area contributed by atoms with Crippen LogP contribution < -0.4 is 26.0 Å². The number of ether oxygens (including phenoxy) is 2. The smallest absolute Gasteiger partial charge is 0.229 e. The van der Waals surface area contributed by atoms with Crippen LogP contribution in [0.5, 0.6) is 5.75 Å². The number of para-hydroxylation sites is 2. The van der Waals surface area contributed by atoms with E-state index in [1.807, 2.05) is 36.4 Å². The number of nitrogens with one attached hydrogen (secondary N) is 2. The van der Waals surface area contributed by atoms with Gasteiger partial charge in [-0.05, 0) is 30.3 Å². The van der Waals surface area contributed by atoms with Gasteiger partial charge in [-0.25, -0.2) is 4.98 Å². The van der Waals surface area contributed by atoms with Crippen molar-refractivity contribution in [1.82, 2.24) is 9.97 Å². The molecule has 4 rings (SSSR count). The molecule has 0 aliphatic carbocycles. The summed E-state index contributed by atoms with van der Waals surface area (Å²) in [5.41, 5.74) is 9.34. The summed E-state index contributed by atoms with van der Waals surface area (Å²) >= 11 is 0. The van der Waals surface area contributed by atoms with Crippen molar-refractivity contribution in [2.24, 2.45) is 0 Å². The molecule has 1 saturated heterocycles. The highest BCUT2D eigenvalue weighted by Crippen LogP contribution is 2.32. The summed E-state index contributed by atoms with van der Waals surface area (Å²) in [4.78, 5) is 11.1. The first-order valence-corrected chi connectivity index (χ1v) is 9.45. The van der Waals surface area contributed by atoms with Gasteiger partial charge in [0.15, 0.2) is 0 Å². The van der Waals surface area contributed by atoms with Crippen molar-refractivity contribution < 1.29 is 9.47 Å². The number of methoxy groups -OCH3 is 1. The molecule has 0 amide bonds. The van der Waals surface area contributed by atoms with Crippen LogP contribution in [0.2, 0.25) is 0 Å².